The lowest BCUT2D eigenvalue weighted by molar-refractivity contribution is 0.584. The molecule has 0 amide bonds. The van der Waals surface area contributed by atoms with Crippen LogP contribution in [0.25, 0.3) is 11.4 Å². The van der Waals surface area contributed by atoms with Crippen LogP contribution in [0.1, 0.15) is 26.3 Å². The van der Waals surface area contributed by atoms with E-state index < -0.39 is 0 Å². The van der Waals surface area contributed by atoms with Gasteiger partial charge in [0, 0.05) is 22.4 Å². The van der Waals surface area contributed by atoms with Gasteiger partial charge >= 0.3 is 0 Å². The van der Waals surface area contributed by atoms with E-state index in [1.54, 1.807) is 0 Å². The maximum absolute atomic E-state index is 4.42. The molecule has 0 saturated carbocycles. The smallest absolute Gasteiger partial charge is 0.159 e. The minimum Gasteiger partial charge on any atom is -0.236 e. The number of benzene rings is 1. The molecule has 3 heteroatoms. The van der Waals surface area contributed by atoms with Crippen LogP contribution in [0.15, 0.2) is 41.1 Å². The zero-order valence-corrected chi connectivity index (χ0v) is 11.8. The van der Waals surface area contributed by atoms with Gasteiger partial charge in [0.25, 0.3) is 0 Å². The van der Waals surface area contributed by atoms with E-state index in [0.29, 0.717) is 0 Å². The summed E-state index contributed by atoms with van der Waals surface area (Å²) in [5.74, 6) is 0.769. The van der Waals surface area contributed by atoms with Gasteiger partial charge in [0.1, 0.15) is 0 Å². The molecule has 2 aromatic rings. The molecule has 0 radical (unpaired) electrons. The minimum absolute atomic E-state index is 0.0955. The Morgan fingerprint density at radius 1 is 0.941 bits per heavy atom. The lowest BCUT2D eigenvalue weighted by atomic mass is 9.89. The average Bonchev–Trinajstić information content (AvgIpc) is 2.29. The van der Waals surface area contributed by atoms with Crippen molar-refractivity contribution in [1.82, 2.24) is 9.97 Å². The first-order valence-electron chi connectivity index (χ1n) is 5.55. The van der Waals surface area contributed by atoms with Crippen molar-refractivity contribution in [2.75, 3.05) is 0 Å². The standard InChI is InChI=1S/C14H15BrN2/c1-14(2,3)11-8-16-13(17-9-11)10-4-6-12(15)7-5-10/h4-9H,1-3H3. The van der Waals surface area contributed by atoms with E-state index in [9.17, 15) is 0 Å². The normalized spacial score (nSPS) is 11.5. The van der Waals surface area contributed by atoms with Crippen molar-refractivity contribution >= 4 is 15.9 Å². The maximum Gasteiger partial charge on any atom is 0.159 e. The zero-order valence-electron chi connectivity index (χ0n) is 10.2. The van der Waals surface area contributed by atoms with Crippen LogP contribution >= 0.6 is 15.9 Å². The Kier molecular flexibility index (Phi) is 3.29. The van der Waals surface area contributed by atoms with E-state index >= 15 is 0 Å². The van der Waals surface area contributed by atoms with Crippen molar-refractivity contribution in [3.63, 3.8) is 0 Å². The maximum atomic E-state index is 4.42. The molecule has 0 fully saturated rings. The average molecular weight is 291 g/mol. The quantitative estimate of drug-likeness (QED) is 0.786. The molecule has 1 heterocycles. The molecule has 0 aliphatic heterocycles. The SMILES string of the molecule is CC(C)(C)c1cnc(-c2ccc(Br)cc2)nc1. The van der Waals surface area contributed by atoms with Gasteiger partial charge in [0.15, 0.2) is 5.82 Å². The number of halogens is 1. The predicted octanol–water partition coefficient (Wildman–Crippen LogP) is 4.20. The summed E-state index contributed by atoms with van der Waals surface area (Å²) in [6.07, 6.45) is 3.81. The predicted molar refractivity (Wildman–Crippen MR) is 73.9 cm³/mol. The molecule has 2 nitrogen and oxygen atoms in total. The zero-order chi connectivity index (χ0) is 12.5. The molecule has 0 atom stereocenters. The highest BCUT2D eigenvalue weighted by molar-refractivity contribution is 9.10. The van der Waals surface area contributed by atoms with Crippen LogP contribution in [0.2, 0.25) is 0 Å². The summed E-state index contributed by atoms with van der Waals surface area (Å²) in [6.45, 7) is 6.47. The molecule has 0 aliphatic carbocycles. The third-order valence-corrected chi connectivity index (χ3v) is 3.15. The molecule has 2 rings (SSSR count). The van der Waals surface area contributed by atoms with Crippen molar-refractivity contribution in [2.24, 2.45) is 0 Å². The summed E-state index contributed by atoms with van der Waals surface area (Å²) in [5, 5.41) is 0. The summed E-state index contributed by atoms with van der Waals surface area (Å²) in [5.41, 5.74) is 2.28. The molecule has 17 heavy (non-hydrogen) atoms. The van der Waals surface area contributed by atoms with Crippen molar-refractivity contribution in [1.29, 1.82) is 0 Å². The van der Waals surface area contributed by atoms with E-state index in [0.717, 1.165) is 21.4 Å². The van der Waals surface area contributed by atoms with Crippen LogP contribution in [0.4, 0.5) is 0 Å². The van der Waals surface area contributed by atoms with Crippen LogP contribution in [-0.4, -0.2) is 9.97 Å². The first-order valence-corrected chi connectivity index (χ1v) is 6.34. The van der Waals surface area contributed by atoms with Crippen LogP contribution < -0.4 is 0 Å². The van der Waals surface area contributed by atoms with Crippen molar-refractivity contribution in [2.45, 2.75) is 26.2 Å². The molecule has 0 spiro atoms. The third kappa shape index (κ3) is 2.91. The van der Waals surface area contributed by atoms with Gasteiger partial charge in [-0.1, -0.05) is 48.8 Å². The number of hydrogen-bond acceptors (Lipinski definition) is 2. The largest absolute Gasteiger partial charge is 0.236 e. The van der Waals surface area contributed by atoms with Crippen LogP contribution in [0.5, 0.6) is 0 Å². The number of hydrogen-bond donors (Lipinski definition) is 0. The number of rotatable bonds is 1. The van der Waals surface area contributed by atoms with Gasteiger partial charge in [-0.25, -0.2) is 9.97 Å². The fraction of sp³-hybridized carbons (Fsp3) is 0.286. The molecule has 0 unspecified atom stereocenters. The Bertz CT molecular complexity index is 495. The first kappa shape index (κ1) is 12.2. The highest BCUT2D eigenvalue weighted by Gasteiger charge is 2.14. The second-order valence-corrected chi connectivity index (χ2v) is 5.97. The highest BCUT2D eigenvalue weighted by atomic mass is 79.9. The van der Waals surface area contributed by atoms with E-state index in [-0.39, 0.29) is 5.41 Å². The van der Waals surface area contributed by atoms with Crippen LogP contribution in [0, 0.1) is 0 Å². The highest BCUT2D eigenvalue weighted by Crippen LogP contribution is 2.23. The molecule has 1 aromatic carbocycles. The molecule has 0 aliphatic rings. The molecule has 0 bridgehead atoms. The minimum atomic E-state index is 0.0955. The van der Waals surface area contributed by atoms with Gasteiger partial charge in [-0.05, 0) is 23.1 Å². The molecule has 0 saturated heterocycles. The van der Waals surface area contributed by atoms with Gasteiger partial charge in [-0.3, -0.25) is 0 Å². The fourth-order valence-electron chi connectivity index (χ4n) is 1.46. The Balaban J connectivity index is 2.33. The molecule has 88 valence electrons. The third-order valence-electron chi connectivity index (χ3n) is 2.62. The van der Waals surface area contributed by atoms with Gasteiger partial charge in [0.2, 0.25) is 0 Å². The lowest BCUT2D eigenvalue weighted by Crippen LogP contribution is -2.12. The number of aromatic nitrogens is 2. The first-order chi connectivity index (χ1) is 7.97. The van der Waals surface area contributed by atoms with Gasteiger partial charge in [0.05, 0.1) is 0 Å². The second-order valence-electron chi connectivity index (χ2n) is 5.05. The second kappa shape index (κ2) is 4.57. The monoisotopic (exact) mass is 290 g/mol. The van der Waals surface area contributed by atoms with Crippen molar-refractivity contribution < 1.29 is 0 Å². The summed E-state index contributed by atoms with van der Waals surface area (Å²) in [7, 11) is 0. The van der Waals surface area contributed by atoms with Crippen molar-refractivity contribution in [3.05, 3.63) is 46.7 Å². The molecular weight excluding hydrogens is 276 g/mol. The van der Waals surface area contributed by atoms with Gasteiger partial charge < -0.3 is 0 Å². The van der Waals surface area contributed by atoms with Crippen molar-refractivity contribution in [3.8, 4) is 11.4 Å². The summed E-state index contributed by atoms with van der Waals surface area (Å²) in [6, 6.07) is 8.01. The summed E-state index contributed by atoms with van der Waals surface area (Å²) in [4.78, 5) is 8.84. The Labute approximate surface area is 110 Å². The molecular formula is C14H15BrN2. The Morgan fingerprint density at radius 2 is 1.47 bits per heavy atom. The number of nitrogens with zero attached hydrogens (tertiary/aromatic N) is 2. The Hall–Kier alpha value is -1.22. The fourth-order valence-corrected chi connectivity index (χ4v) is 1.73. The van der Waals surface area contributed by atoms with Crippen LogP contribution in [-0.2, 0) is 5.41 Å². The summed E-state index contributed by atoms with van der Waals surface area (Å²) >= 11 is 3.41. The van der Waals surface area contributed by atoms with E-state index in [1.807, 2.05) is 36.7 Å². The van der Waals surface area contributed by atoms with Crippen LogP contribution in [0.3, 0.4) is 0 Å². The summed E-state index contributed by atoms with van der Waals surface area (Å²) < 4.78 is 1.06. The topological polar surface area (TPSA) is 25.8 Å². The molecule has 1 aromatic heterocycles. The van der Waals surface area contributed by atoms with E-state index in [1.165, 1.54) is 0 Å². The van der Waals surface area contributed by atoms with Gasteiger partial charge in [-0.2, -0.15) is 0 Å². The lowest BCUT2D eigenvalue weighted by Gasteiger charge is -2.17. The molecule has 0 N–H and O–H groups in total. The van der Waals surface area contributed by atoms with E-state index in [2.05, 4.69) is 46.7 Å². The Morgan fingerprint density at radius 3 is 1.94 bits per heavy atom. The van der Waals surface area contributed by atoms with E-state index in [4.69, 9.17) is 0 Å². The van der Waals surface area contributed by atoms with Gasteiger partial charge in [-0.15, -0.1) is 0 Å².